The smallest absolute Gasteiger partial charge is 0.321 e. The molecule has 1 radical (unpaired) electrons. The summed E-state index contributed by atoms with van der Waals surface area (Å²) in [5.41, 5.74) is 2.99. The number of hydrogen-bond acceptors (Lipinski definition) is 5. The van der Waals surface area contributed by atoms with Crippen molar-refractivity contribution in [3.63, 3.8) is 0 Å². The van der Waals surface area contributed by atoms with E-state index in [1.54, 1.807) is 49.5 Å². The first kappa shape index (κ1) is 24.4. The van der Waals surface area contributed by atoms with Gasteiger partial charge in [0.05, 0.1) is 16.8 Å². The maximum absolute atomic E-state index is 15.6. The number of halogens is 1. The van der Waals surface area contributed by atoms with Crippen molar-refractivity contribution >= 4 is 57.5 Å². The Morgan fingerprint density at radius 1 is 1.12 bits per heavy atom. The van der Waals surface area contributed by atoms with Crippen molar-refractivity contribution in [2.24, 2.45) is 0 Å². The van der Waals surface area contributed by atoms with Crippen LogP contribution in [0.2, 0.25) is 0 Å². The van der Waals surface area contributed by atoms with Crippen molar-refractivity contribution in [2.45, 2.75) is 13.3 Å². The molecule has 10 heteroatoms. The van der Waals surface area contributed by atoms with Gasteiger partial charge in [-0.3, -0.25) is 15.1 Å². The summed E-state index contributed by atoms with van der Waals surface area (Å²) in [6.45, 7) is 2.25. The number of fused-ring (bicyclic) bond motifs is 1. The summed E-state index contributed by atoms with van der Waals surface area (Å²) >= 11 is 1.17. The van der Waals surface area contributed by atoms with E-state index < -0.39 is 17.8 Å². The van der Waals surface area contributed by atoms with Gasteiger partial charge in [-0.2, -0.15) is 0 Å². The number of carbonyl (C=O) groups is 2. The Bertz CT molecular complexity index is 1300. The number of nitrogens with zero attached hydrogens (tertiary/aromatic N) is 2. The van der Waals surface area contributed by atoms with E-state index in [0.29, 0.717) is 39.2 Å². The van der Waals surface area contributed by atoms with Crippen LogP contribution in [0.1, 0.15) is 12.5 Å². The van der Waals surface area contributed by atoms with Crippen LogP contribution < -0.4 is 10.6 Å². The van der Waals surface area contributed by atoms with Crippen LogP contribution in [0.15, 0.2) is 54.7 Å². The van der Waals surface area contributed by atoms with Gasteiger partial charge < -0.3 is 10.4 Å². The summed E-state index contributed by atoms with van der Waals surface area (Å²) in [5, 5.41) is 14.5. The molecule has 0 aliphatic rings. The second-order valence-electron chi connectivity index (χ2n) is 6.95. The molecule has 3 N–H and O–H groups in total. The molecule has 2 amide bonds. The van der Waals surface area contributed by atoms with Crippen LogP contribution in [0.3, 0.4) is 0 Å². The van der Waals surface area contributed by atoms with Crippen molar-refractivity contribution in [3.8, 4) is 22.4 Å². The molecule has 0 fully saturated rings. The molecule has 4 aromatic rings. The predicted molar refractivity (Wildman–Crippen MR) is 128 cm³/mol. The fraction of sp³-hybridized carbons (Fsp3) is 0.130. The number of amides is 2. The van der Waals surface area contributed by atoms with Crippen molar-refractivity contribution in [1.29, 1.82) is 0 Å². The molecule has 0 aliphatic carbocycles. The van der Waals surface area contributed by atoms with E-state index in [4.69, 9.17) is 5.11 Å². The molecule has 0 saturated carbocycles. The van der Waals surface area contributed by atoms with Gasteiger partial charge >= 0.3 is 12.0 Å². The average molecular weight is 457 g/mol. The number of aliphatic carboxylic acids is 1. The molecular formula is C23H19FLiN4O3S. The van der Waals surface area contributed by atoms with Gasteiger partial charge in [-0.1, -0.05) is 41.7 Å². The number of carbonyl (C=O) groups excluding carboxylic acids is 1. The molecule has 0 saturated heterocycles. The minimum Gasteiger partial charge on any atom is -0.481 e. The summed E-state index contributed by atoms with van der Waals surface area (Å²) in [7, 11) is 0. The quantitative estimate of drug-likeness (QED) is 0.369. The molecule has 4 rings (SSSR count). The van der Waals surface area contributed by atoms with Crippen LogP contribution in [-0.2, 0) is 11.2 Å². The molecule has 0 unspecified atom stereocenters. The first-order valence-electron chi connectivity index (χ1n) is 9.86. The number of pyridine rings is 1. The number of urea groups is 1. The fourth-order valence-electron chi connectivity index (χ4n) is 3.31. The maximum atomic E-state index is 15.6. The molecule has 0 bridgehead atoms. The number of benzene rings is 2. The van der Waals surface area contributed by atoms with Gasteiger partial charge in [-0.25, -0.2) is 14.2 Å². The van der Waals surface area contributed by atoms with Gasteiger partial charge in [-0.15, -0.1) is 0 Å². The summed E-state index contributed by atoms with van der Waals surface area (Å²) in [6, 6.07) is 13.4. The van der Waals surface area contributed by atoms with Crippen LogP contribution >= 0.6 is 11.3 Å². The van der Waals surface area contributed by atoms with E-state index in [1.807, 2.05) is 12.1 Å². The van der Waals surface area contributed by atoms with Crippen molar-refractivity contribution in [3.05, 3.63) is 66.1 Å². The van der Waals surface area contributed by atoms with Gasteiger partial charge in [0.25, 0.3) is 0 Å². The fourth-order valence-corrected chi connectivity index (χ4v) is 4.29. The van der Waals surface area contributed by atoms with E-state index in [1.165, 1.54) is 11.3 Å². The predicted octanol–water partition coefficient (Wildman–Crippen LogP) is 4.55. The second-order valence-corrected chi connectivity index (χ2v) is 7.95. The zero-order chi connectivity index (χ0) is 22.7. The number of rotatable bonds is 6. The minimum absolute atomic E-state index is 0. The average Bonchev–Trinajstić information content (AvgIpc) is 3.19. The number of carboxylic acid groups (broad SMARTS) is 1. The Kier molecular flexibility index (Phi) is 7.82. The van der Waals surface area contributed by atoms with Crippen LogP contribution in [0, 0.1) is 5.82 Å². The molecule has 33 heavy (non-hydrogen) atoms. The number of aromatic nitrogens is 2. The molecule has 2 aromatic carbocycles. The number of carboxylic acids is 1. The van der Waals surface area contributed by atoms with Crippen LogP contribution in [-0.4, -0.2) is 52.5 Å². The van der Waals surface area contributed by atoms with Gasteiger partial charge in [-0.05, 0) is 36.2 Å². The molecule has 0 spiro atoms. The van der Waals surface area contributed by atoms with Crippen molar-refractivity contribution in [2.75, 3.05) is 11.9 Å². The minimum atomic E-state index is -0.933. The second kappa shape index (κ2) is 10.6. The molecular weight excluding hydrogens is 438 g/mol. The van der Waals surface area contributed by atoms with Gasteiger partial charge in [0.15, 0.2) is 10.9 Å². The first-order valence-corrected chi connectivity index (χ1v) is 10.7. The van der Waals surface area contributed by atoms with Gasteiger partial charge in [0.2, 0.25) is 0 Å². The van der Waals surface area contributed by atoms with Crippen molar-refractivity contribution < 1.29 is 19.1 Å². The monoisotopic (exact) mass is 457 g/mol. The third kappa shape index (κ3) is 5.39. The molecule has 0 aliphatic heterocycles. The number of thiazole rings is 1. The maximum Gasteiger partial charge on any atom is 0.321 e. The number of anilines is 1. The van der Waals surface area contributed by atoms with Gasteiger partial charge in [0.1, 0.15) is 5.52 Å². The van der Waals surface area contributed by atoms with Crippen molar-refractivity contribution in [1.82, 2.24) is 15.3 Å². The SMILES string of the molecule is CCNC(=O)Nc1nc2c(F)c(-c3ccc(CC(=O)O)cc3)cc(-c3ccccn3)c2s1.[Li]. The summed E-state index contributed by atoms with van der Waals surface area (Å²) < 4.78 is 16.1. The number of nitrogens with one attached hydrogen (secondary N) is 2. The summed E-state index contributed by atoms with van der Waals surface area (Å²) in [6.07, 6.45) is 1.54. The number of hydrogen-bond donors (Lipinski definition) is 3. The Morgan fingerprint density at radius 2 is 1.88 bits per heavy atom. The standard InChI is InChI=1S/C23H19FN4O3S.Li/c1-2-25-22(31)28-23-27-20-19(24)15(14-8-6-13(7-9-14)11-18(29)30)12-16(21(20)32-23)17-5-3-4-10-26-17;/h3-10,12H,2,11H2,1H3,(H,29,30)(H2,25,27,28,31);. The van der Waals surface area contributed by atoms with E-state index in [9.17, 15) is 9.59 Å². The van der Waals surface area contributed by atoms with Crippen LogP contribution in [0.5, 0.6) is 0 Å². The Morgan fingerprint density at radius 3 is 2.52 bits per heavy atom. The van der Waals surface area contributed by atoms with E-state index in [0.717, 1.165) is 0 Å². The molecule has 2 aromatic heterocycles. The zero-order valence-corrected chi connectivity index (χ0v) is 18.9. The third-order valence-corrected chi connectivity index (χ3v) is 5.73. The molecule has 163 valence electrons. The Balaban J connectivity index is 0.00000306. The zero-order valence-electron chi connectivity index (χ0n) is 18.1. The van der Waals surface area contributed by atoms with Gasteiger partial charge in [0, 0.05) is 42.7 Å². The largest absolute Gasteiger partial charge is 0.481 e. The summed E-state index contributed by atoms with van der Waals surface area (Å²) in [5.74, 6) is -1.46. The molecule has 0 atom stereocenters. The topological polar surface area (TPSA) is 104 Å². The normalized spacial score (nSPS) is 10.5. The van der Waals surface area contributed by atoms with E-state index in [2.05, 4.69) is 20.6 Å². The van der Waals surface area contributed by atoms with E-state index >= 15 is 4.39 Å². The van der Waals surface area contributed by atoms with E-state index in [-0.39, 0.29) is 35.9 Å². The molecule has 2 heterocycles. The summed E-state index contributed by atoms with van der Waals surface area (Å²) in [4.78, 5) is 31.6. The molecule has 7 nitrogen and oxygen atoms in total. The van der Waals surface area contributed by atoms with Crippen LogP contribution in [0.4, 0.5) is 14.3 Å². The third-order valence-electron chi connectivity index (χ3n) is 4.72. The Hall–Kier alpha value is -3.25. The van der Waals surface area contributed by atoms with Crippen LogP contribution in [0.25, 0.3) is 32.6 Å². The first-order chi connectivity index (χ1) is 15.5. The Labute approximate surface area is 205 Å².